The Kier molecular flexibility index (Phi) is 3.74. The molecule has 0 aromatic carbocycles. The van der Waals surface area contributed by atoms with Crippen LogP contribution in [0.2, 0.25) is 0 Å². The van der Waals surface area contributed by atoms with Gasteiger partial charge in [-0.1, -0.05) is 0 Å². The van der Waals surface area contributed by atoms with E-state index in [-0.39, 0.29) is 6.10 Å². The second-order valence-corrected chi connectivity index (χ2v) is 4.75. The van der Waals surface area contributed by atoms with Crippen molar-refractivity contribution >= 4 is 11.3 Å². The van der Waals surface area contributed by atoms with Gasteiger partial charge in [0.05, 0.1) is 6.10 Å². The molecular weight excluding hydrogens is 220 g/mol. The molecule has 0 amide bonds. The molecule has 0 spiro atoms. The lowest BCUT2D eigenvalue weighted by Crippen LogP contribution is -2.12. The number of hydrogen-bond acceptors (Lipinski definition) is 3. The van der Waals surface area contributed by atoms with Gasteiger partial charge < -0.3 is 5.11 Å². The molecule has 4 heteroatoms. The Morgan fingerprint density at radius 1 is 1.50 bits per heavy atom. The fourth-order valence-corrected chi connectivity index (χ4v) is 2.43. The smallest absolute Gasteiger partial charge is 0.0584 e. The van der Waals surface area contributed by atoms with Gasteiger partial charge in [-0.25, -0.2) is 0 Å². The minimum absolute atomic E-state index is 0.260. The Morgan fingerprint density at radius 3 is 3.00 bits per heavy atom. The first kappa shape index (κ1) is 11.4. The maximum Gasteiger partial charge on any atom is 0.0584 e. The lowest BCUT2D eigenvalue weighted by Gasteiger charge is -2.09. The quantitative estimate of drug-likeness (QED) is 0.862. The number of aliphatic hydroxyl groups is 1. The Balaban J connectivity index is 1.80. The minimum Gasteiger partial charge on any atom is -0.393 e. The van der Waals surface area contributed by atoms with Gasteiger partial charge >= 0.3 is 0 Å². The minimum atomic E-state index is -0.260. The molecule has 0 aliphatic carbocycles. The van der Waals surface area contributed by atoms with Gasteiger partial charge in [0.15, 0.2) is 0 Å². The lowest BCUT2D eigenvalue weighted by atomic mass is 10.1. The first-order chi connectivity index (χ1) is 7.75. The van der Waals surface area contributed by atoms with Gasteiger partial charge in [0.25, 0.3) is 0 Å². The fourth-order valence-electron chi connectivity index (χ4n) is 1.74. The van der Waals surface area contributed by atoms with E-state index in [0.717, 1.165) is 19.3 Å². The number of rotatable bonds is 5. The van der Waals surface area contributed by atoms with Crippen molar-refractivity contribution in [3.8, 4) is 0 Å². The van der Waals surface area contributed by atoms with Crippen LogP contribution in [0, 0.1) is 0 Å². The molecule has 16 heavy (non-hydrogen) atoms. The molecule has 0 aliphatic heterocycles. The maximum atomic E-state index is 9.89. The molecule has 1 unspecified atom stereocenters. The average Bonchev–Trinajstić information content (AvgIpc) is 2.87. The second kappa shape index (κ2) is 5.27. The summed E-state index contributed by atoms with van der Waals surface area (Å²) in [6.07, 6.45) is 3.95. The van der Waals surface area contributed by atoms with Crippen molar-refractivity contribution in [1.82, 2.24) is 9.78 Å². The van der Waals surface area contributed by atoms with Crippen LogP contribution in [0.15, 0.2) is 29.1 Å². The molecule has 2 heterocycles. The predicted molar refractivity (Wildman–Crippen MR) is 65.6 cm³/mol. The normalized spacial score (nSPS) is 12.9. The van der Waals surface area contributed by atoms with Crippen LogP contribution < -0.4 is 0 Å². The van der Waals surface area contributed by atoms with Crippen LogP contribution in [-0.2, 0) is 19.9 Å². The molecule has 2 rings (SSSR count). The number of aliphatic hydroxyl groups excluding tert-OH is 1. The van der Waals surface area contributed by atoms with Crippen LogP contribution in [0.1, 0.15) is 17.7 Å². The lowest BCUT2D eigenvalue weighted by molar-refractivity contribution is 0.164. The first-order valence-corrected chi connectivity index (χ1v) is 6.36. The summed E-state index contributed by atoms with van der Waals surface area (Å²) in [5.41, 5.74) is 2.40. The SMILES string of the molecule is Cn1nccc1CCC(O)Cc1ccsc1. The van der Waals surface area contributed by atoms with E-state index in [1.54, 1.807) is 17.5 Å². The highest BCUT2D eigenvalue weighted by molar-refractivity contribution is 7.07. The van der Waals surface area contributed by atoms with E-state index >= 15 is 0 Å². The van der Waals surface area contributed by atoms with Crippen LogP contribution >= 0.6 is 11.3 Å². The third kappa shape index (κ3) is 2.93. The highest BCUT2D eigenvalue weighted by Crippen LogP contribution is 2.12. The Hall–Kier alpha value is -1.13. The molecule has 0 bridgehead atoms. The van der Waals surface area contributed by atoms with Crippen molar-refractivity contribution in [3.63, 3.8) is 0 Å². The summed E-state index contributed by atoms with van der Waals surface area (Å²) in [5.74, 6) is 0. The number of thiophene rings is 1. The second-order valence-electron chi connectivity index (χ2n) is 3.97. The zero-order valence-electron chi connectivity index (χ0n) is 9.34. The van der Waals surface area contributed by atoms with Gasteiger partial charge in [-0.2, -0.15) is 16.4 Å². The number of aromatic nitrogens is 2. The molecule has 0 saturated carbocycles. The molecule has 0 fully saturated rings. The van der Waals surface area contributed by atoms with E-state index in [9.17, 15) is 5.11 Å². The van der Waals surface area contributed by atoms with Crippen molar-refractivity contribution in [3.05, 3.63) is 40.3 Å². The largest absolute Gasteiger partial charge is 0.393 e. The van der Waals surface area contributed by atoms with Crippen molar-refractivity contribution < 1.29 is 5.11 Å². The molecule has 3 nitrogen and oxygen atoms in total. The van der Waals surface area contributed by atoms with Crippen molar-refractivity contribution in [2.75, 3.05) is 0 Å². The molecule has 0 radical (unpaired) electrons. The summed E-state index contributed by atoms with van der Waals surface area (Å²) in [5, 5.41) is 18.1. The summed E-state index contributed by atoms with van der Waals surface area (Å²) in [4.78, 5) is 0. The van der Waals surface area contributed by atoms with Crippen LogP contribution in [-0.4, -0.2) is 21.0 Å². The molecule has 0 saturated heterocycles. The molecule has 86 valence electrons. The Bertz CT molecular complexity index is 422. The number of hydrogen-bond donors (Lipinski definition) is 1. The topological polar surface area (TPSA) is 38.0 Å². The van der Waals surface area contributed by atoms with Crippen molar-refractivity contribution in [1.29, 1.82) is 0 Å². The van der Waals surface area contributed by atoms with E-state index in [0.29, 0.717) is 0 Å². The zero-order chi connectivity index (χ0) is 11.4. The van der Waals surface area contributed by atoms with E-state index in [4.69, 9.17) is 0 Å². The van der Waals surface area contributed by atoms with Crippen LogP contribution in [0.4, 0.5) is 0 Å². The van der Waals surface area contributed by atoms with E-state index < -0.39 is 0 Å². The van der Waals surface area contributed by atoms with Gasteiger partial charge in [0, 0.05) is 18.9 Å². The molecule has 2 aromatic rings. The zero-order valence-corrected chi connectivity index (χ0v) is 10.2. The highest BCUT2D eigenvalue weighted by Gasteiger charge is 2.07. The standard InChI is InChI=1S/C12H16N2OS/c1-14-11(4-6-13-14)2-3-12(15)8-10-5-7-16-9-10/h4-7,9,12,15H,2-3,8H2,1H3. The van der Waals surface area contributed by atoms with Crippen molar-refractivity contribution in [2.45, 2.75) is 25.4 Å². The van der Waals surface area contributed by atoms with Gasteiger partial charge in [0.1, 0.15) is 0 Å². The molecule has 1 N–H and O–H groups in total. The fraction of sp³-hybridized carbons (Fsp3) is 0.417. The molecule has 0 aliphatic rings. The third-order valence-corrected chi connectivity index (χ3v) is 3.44. The van der Waals surface area contributed by atoms with Crippen LogP contribution in [0.3, 0.4) is 0 Å². The van der Waals surface area contributed by atoms with Crippen molar-refractivity contribution in [2.24, 2.45) is 7.05 Å². The first-order valence-electron chi connectivity index (χ1n) is 5.41. The molecule has 1 atom stereocenters. The maximum absolute atomic E-state index is 9.89. The van der Waals surface area contributed by atoms with Gasteiger partial charge in [0.2, 0.25) is 0 Å². The summed E-state index contributed by atoms with van der Waals surface area (Å²) in [6.45, 7) is 0. The van der Waals surface area contributed by atoms with Gasteiger partial charge in [-0.3, -0.25) is 4.68 Å². The highest BCUT2D eigenvalue weighted by atomic mass is 32.1. The third-order valence-electron chi connectivity index (χ3n) is 2.71. The number of aryl methyl sites for hydroxylation is 2. The summed E-state index contributed by atoms with van der Waals surface area (Å²) >= 11 is 1.67. The average molecular weight is 236 g/mol. The monoisotopic (exact) mass is 236 g/mol. The Labute approximate surface area is 99.4 Å². The van der Waals surface area contributed by atoms with E-state index in [2.05, 4.69) is 16.5 Å². The summed E-state index contributed by atoms with van der Waals surface area (Å²) in [6, 6.07) is 4.06. The van der Waals surface area contributed by atoms with E-state index in [1.807, 2.05) is 23.2 Å². The summed E-state index contributed by atoms with van der Waals surface area (Å²) in [7, 11) is 1.93. The van der Waals surface area contributed by atoms with E-state index in [1.165, 1.54) is 11.3 Å². The molecule has 2 aromatic heterocycles. The molecular formula is C12H16N2OS. The van der Waals surface area contributed by atoms with Crippen LogP contribution in [0.25, 0.3) is 0 Å². The summed E-state index contributed by atoms with van der Waals surface area (Å²) < 4.78 is 1.86. The predicted octanol–water partition coefficient (Wildman–Crippen LogP) is 2.02. The van der Waals surface area contributed by atoms with Gasteiger partial charge in [-0.15, -0.1) is 0 Å². The Morgan fingerprint density at radius 2 is 2.38 bits per heavy atom. The van der Waals surface area contributed by atoms with Gasteiger partial charge in [-0.05, 0) is 47.7 Å². The van der Waals surface area contributed by atoms with Crippen LogP contribution in [0.5, 0.6) is 0 Å². The number of nitrogens with zero attached hydrogens (tertiary/aromatic N) is 2.